The van der Waals surface area contributed by atoms with Gasteiger partial charge in [-0.3, -0.25) is 4.79 Å². The van der Waals surface area contributed by atoms with Gasteiger partial charge in [-0.2, -0.15) is 0 Å². The van der Waals surface area contributed by atoms with Crippen molar-refractivity contribution in [3.8, 4) is 0 Å². The van der Waals surface area contributed by atoms with E-state index in [4.69, 9.17) is 0 Å². The van der Waals surface area contributed by atoms with Crippen molar-refractivity contribution in [2.45, 2.75) is 46.0 Å². The van der Waals surface area contributed by atoms with E-state index < -0.39 is 0 Å². The summed E-state index contributed by atoms with van der Waals surface area (Å²) in [4.78, 5) is 11.9. The number of carbonyl (C=O) groups excluding carboxylic acids is 1. The number of rotatable bonds is 5. The summed E-state index contributed by atoms with van der Waals surface area (Å²) >= 11 is 0. The van der Waals surface area contributed by atoms with Gasteiger partial charge in [-0.05, 0) is 50.3 Å². The third kappa shape index (κ3) is 3.99. The number of aryl methyl sites for hydroxylation is 1. The third-order valence-corrected chi connectivity index (χ3v) is 4.14. The molecule has 1 amide bonds. The topological polar surface area (TPSA) is 41.1 Å². The normalized spacial score (nSPS) is 15.9. The molecule has 2 N–H and O–H groups in total. The standard InChI is InChI=1S/C17H26N2O/c1-3-18-17(20)15-10-9-13(2)16(11-15)19-12-14-7-5-4-6-8-14/h9-11,14,19H,3-8,12H2,1-2H3,(H,18,20). The van der Waals surface area contributed by atoms with E-state index in [0.29, 0.717) is 6.54 Å². The monoisotopic (exact) mass is 274 g/mol. The molecule has 0 saturated heterocycles. The Bertz CT molecular complexity index is 450. The highest BCUT2D eigenvalue weighted by atomic mass is 16.1. The van der Waals surface area contributed by atoms with Gasteiger partial charge in [0.15, 0.2) is 0 Å². The fourth-order valence-electron chi connectivity index (χ4n) is 2.86. The van der Waals surface area contributed by atoms with Gasteiger partial charge >= 0.3 is 0 Å². The minimum atomic E-state index is 0.00761. The summed E-state index contributed by atoms with van der Waals surface area (Å²) in [6, 6.07) is 5.89. The Balaban J connectivity index is 1.98. The Kier molecular flexibility index (Phi) is 5.45. The van der Waals surface area contributed by atoms with Crippen molar-refractivity contribution in [1.29, 1.82) is 0 Å². The Morgan fingerprint density at radius 1 is 1.25 bits per heavy atom. The lowest BCUT2D eigenvalue weighted by atomic mass is 9.89. The molecule has 20 heavy (non-hydrogen) atoms. The molecule has 110 valence electrons. The smallest absolute Gasteiger partial charge is 0.251 e. The van der Waals surface area contributed by atoms with Crippen LogP contribution in [0.3, 0.4) is 0 Å². The van der Waals surface area contributed by atoms with Gasteiger partial charge in [-0.25, -0.2) is 0 Å². The molecule has 0 unspecified atom stereocenters. The second-order valence-electron chi connectivity index (χ2n) is 5.77. The molecule has 1 aromatic carbocycles. The summed E-state index contributed by atoms with van der Waals surface area (Å²) in [6.45, 7) is 5.72. The van der Waals surface area contributed by atoms with E-state index in [1.165, 1.54) is 37.7 Å². The first-order chi connectivity index (χ1) is 9.70. The van der Waals surface area contributed by atoms with Gasteiger partial charge in [-0.15, -0.1) is 0 Å². The molecular weight excluding hydrogens is 248 g/mol. The molecule has 0 aliphatic heterocycles. The molecule has 1 aromatic rings. The number of amides is 1. The molecule has 3 nitrogen and oxygen atoms in total. The van der Waals surface area contributed by atoms with Crippen LogP contribution in [-0.4, -0.2) is 19.0 Å². The lowest BCUT2D eigenvalue weighted by Crippen LogP contribution is -2.23. The maximum absolute atomic E-state index is 11.9. The van der Waals surface area contributed by atoms with Crippen molar-refractivity contribution in [1.82, 2.24) is 5.32 Å². The maximum Gasteiger partial charge on any atom is 0.251 e. The number of benzene rings is 1. The van der Waals surface area contributed by atoms with E-state index in [1.54, 1.807) is 0 Å². The van der Waals surface area contributed by atoms with Gasteiger partial charge in [0.2, 0.25) is 0 Å². The molecule has 3 heteroatoms. The average molecular weight is 274 g/mol. The van der Waals surface area contributed by atoms with Crippen molar-refractivity contribution in [2.24, 2.45) is 5.92 Å². The summed E-state index contributed by atoms with van der Waals surface area (Å²) in [5.74, 6) is 0.796. The van der Waals surface area contributed by atoms with Crippen LogP contribution < -0.4 is 10.6 Å². The highest BCUT2D eigenvalue weighted by Crippen LogP contribution is 2.25. The Hall–Kier alpha value is -1.51. The van der Waals surface area contributed by atoms with E-state index in [-0.39, 0.29) is 5.91 Å². The fourth-order valence-corrected chi connectivity index (χ4v) is 2.86. The summed E-state index contributed by atoms with van der Waals surface area (Å²) in [6.07, 6.45) is 6.79. The lowest BCUT2D eigenvalue weighted by molar-refractivity contribution is 0.0956. The quantitative estimate of drug-likeness (QED) is 0.859. The zero-order valence-corrected chi connectivity index (χ0v) is 12.7. The Morgan fingerprint density at radius 3 is 2.70 bits per heavy atom. The van der Waals surface area contributed by atoms with E-state index in [0.717, 1.165) is 23.7 Å². The fraction of sp³-hybridized carbons (Fsp3) is 0.588. The predicted octanol–water partition coefficient (Wildman–Crippen LogP) is 3.74. The summed E-state index contributed by atoms with van der Waals surface area (Å²) in [5.41, 5.74) is 3.04. The summed E-state index contributed by atoms with van der Waals surface area (Å²) in [7, 11) is 0. The van der Waals surface area contributed by atoms with Crippen molar-refractivity contribution in [3.63, 3.8) is 0 Å². The van der Waals surface area contributed by atoms with Crippen LogP contribution in [0, 0.1) is 12.8 Å². The van der Waals surface area contributed by atoms with Crippen LogP contribution in [-0.2, 0) is 0 Å². The van der Waals surface area contributed by atoms with Crippen molar-refractivity contribution in [2.75, 3.05) is 18.4 Å². The Labute approximate surface area is 122 Å². The van der Waals surface area contributed by atoms with Gasteiger partial charge in [0, 0.05) is 24.3 Å². The van der Waals surface area contributed by atoms with Crippen LogP contribution in [0.25, 0.3) is 0 Å². The van der Waals surface area contributed by atoms with E-state index in [1.807, 2.05) is 25.1 Å². The zero-order chi connectivity index (χ0) is 14.4. The molecule has 0 atom stereocenters. The first kappa shape index (κ1) is 14.9. The van der Waals surface area contributed by atoms with Crippen molar-refractivity contribution in [3.05, 3.63) is 29.3 Å². The second-order valence-corrected chi connectivity index (χ2v) is 5.77. The number of nitrogens with one attached hydrogen (secondary N) is 2. The SMILES string of the molecule is CCNC(=O)c1ccc(C)c(NCC2CCCCC2)c1. The first-order valence-electron chi connectivity index (χ1n) is 7.83. The molecule has 1 aliphatic carbocycles. The van der Waals surface area contributed by atoms with E-state index in [9.17, 15) is 4.79 Å². The van der Waals surface area contributed by atoms with Crippen molar-refractivity contribution >= 4 is 11.6 Å². The van der Waals surface area contributed by atoms with Crippen molar-refractivity contribution < 1.29 is 4.79 Å². The molecule has 0 radical (unpaired) electrons. The first-order valence-corrected chi connectivity index (χ1v) is 7.83. The van der Waals surface area contributed by atoms with Crippen LogP contribution >= 0.6 is 0 Å². The van der Waals surface area contributed by atoms with Gasteiger partial charge in [0.25, 0.3) is 5.91 Å². The molecule has 1 saturated carbocycles. The molecule has 1 aliphatic rings. The zero-order valence-electron chi connectivity index (χ0n) is 12.7. The van der Waals surface area contributed by atoms with Crippen LogP contribution in [0.15, 0.2) is 18.2 Å². The van der Waals surface area contributed by atoms with Crippen LogP contribution in [0.1, 0.15) is 54.9 Å². The number of hydrogen-bond donors (Lipinski definition) is 2. The number of hydrogen-bond acceptors (Lipinski definition) is 2. The summed E-state index contributed by atoms with van der Waals surface area (Å²) < 4.78 is 0. The van der Waals surface area contributed by atoms with E-state index in [2.05, 4.69) is 17.6 Å². The molecular formula is C17H26N2O. The number of carbonyl (C=O) groups is 1. The van der Waals surface area contributed by atoms with Gasteiger partial charge in [0.1, 0.15) is 0 Å². The van der Waals surface area contributed by atoms with Crippen LogP contribution in [0.4, 0.5) is 5.69 Å². The molecule has 0 heterocycles. The molecule has 0 bridgehead atoms. The molecule has 0 spiro atoms. The highest BCUT2D eigenvalue weighted by molar-refractivity contribution is 5.95. The summed E-state index contributed by atoms with van der Waals surface area (Å²) in [5, 5.41) is 6.39. The van der Waals surface area contributed by atoms with Crippen LogP contribution in [0.2, 0.25) is 0 Å². The predicted molar refractivity (Wildman–Crippen MR) is 84.3 cm³/mol. The average Bonchev–Trinajstić information content (AvgIpc) is 2.47. The highest BCUT2D eigenvalue weighted by Gasteiger charge is 2.14. The third-order valence-electron chi connectivity index (χ3n) is 4.14. The van der Waals surface area contributed by atoms with E-state index >= 15 is 0 Å². The minimum Gasteiger partial charge on any atom is -0.385 e. The van der Waals surface area contributed by atoms with Gasteiger partial charge < -0.3 is 10.6 Å². The van der Waals surface area contributed by atoms with Gasteiger partial charge in [0.05, 0.1) is 0 Å². The van der Waals surface area contributed by atoms with Crippen LogP contribution in [0.5, 0.6) is 0 Å². The Morgan fingerprint density at radius 2 is 2.00 bits per heavy atom. The molecule has 2 rings (SSSR count). The van der Waals surface area contributed by atoms with Gasteiger partial charge in [-0.1, -0.05) is 25.3 Å². The largest absolute Gasteiger partial charge is 0.385 e. The molecule has 1 fully saturated rings. The lowest BCUT2D eigenvalue weighted by Gasteiger charge is -2.23. The minimum absolute atomic E-state index is 0.00761. The number of anilines is 1. The molecule has 0 aromatic heterocycles. The second kappa shape index (κ2) is 7.32. The maximum atomic E-state index is 11.9.